The zero-order valence-electron chi connectivity index (χ0n) is 11.1. The predicted octanol–water partition coefficient (Wildman–Crippen LogP) is 1.73. The third-order valence-corrected chi connectivity index (χ3v) is 4.19. The zero-order chi connectivity index (χ0) is 14.7. The molecule has 0 rings (SSSR count). The Hall–Kier alpha value is -0.890. The number of carbonyl (C=O) groups excluding carboxylic acids is 1. The van der Waals surface area contributed by atoms with Crippen LogP contribution in [0.15, 0.2) is 0 Å². The summed E-state index contributed by atoms with van der Waals surface area (Å²) in [5, 5.41) is 14.9. The molecule has 110 valence electrons. The molecule has 0 unspecified atom stereocenters. The zero-order valence-corrected chi connectivity index (χ0v) is 12.7. The molecule has 0 aromatic heterocycles. The second-order valence-electron chi connectivity index (χ2n) is 3.93. The number of carbonyl (C=O) groups is 1. The molecule has 8 heteroatoms. The molecule has 0 aliphatic carbocycles. The summed E-state index contributed by atoms with van der Waals surface area (Å²) < 4.78 is 4.57. The first kappa shape index (κ1) is 18.1. The van der Waals surface area contributed by atoms with Gasteiger partial charge in [-0.25, -0.2) is 0 Å². The van der Waals surface area contributed by atoms with Gasteiger partial charge >= 0.3 is 5.97 Å². The fourth-order valence-corrected chi connectivity index (χ4v) is 3.14. The summed E-state index contributed by atoms with van der Waals surface area (Å²) in [7, 11) is 1.38. The number of rotatable bonds is 9. The lowest BCUT2D eigenvalue weighted by atomic mass is 10.1. The van der Waals surface area contributed by atoms with Gasteiger partial charge in [-0.05, 0) is 19.3 Å². The minimum Gasteiger partial charge on any atom is -0.469 e. The highest BCUT2D eigenvalue weighted by molar-refractivity contribution is 8.14. The molecule has 0 saturated heterocycles. The molecule has 0 fully saturated rings. The van der Waals surface area contributed by atoms with Crippen LogP contribution >= 0.6 is 23.5 Å². The number of amidine groups is 2. The number of hydrogen-bond donors (Lipinski definition) is 4. The largest absolute Gasteiger partial charge is 0.469 e. The maximum Gasteiger partial charge on any atom is 0.305 e. The minimum absolute atomic E-state index is 0.103. The standard InChI is InChI=1S/C11H22N4O2S2/c1-17-9(16)5-3-2-4-8(19-11(14)15)6-7-18-10(12)13/h8H,2-7H2,1H3,(H3,12,13)(H3,14,15)/t8-/m0/s1. The summed E-state index contributed by atoms with van der Waals surface area (Å²) in [5.74, 6) is 0.556. The van der Waals surface area contributed by atoms with Crippen LogP contribution in [-0.4, -0.2) is 34.4 Å². The van der Waals surface area contributed by atoms with Crippen LogP contribution in [0.2, 0.25) is 0 Å². The monoisotopic (exact) mass is 306 g/mol. The number of methoxy groups -OCH3 is 1. The smallest absolute Gasteiger partial charge is 0.305 e. The second kappa shape index (κ2) is 11.0. The second-order valence-corrected chi connectivity index (χ2v) is 6.41. The van der Waals surface area contributed by atoms with Gasteiger partial charge in [-0.2, -0.15) is 0 Å². The molecule has 0 saturated carbocycles. The molecule has 1 atom stereocenters. The fraction of sp³-hybridized carbons (Fsp3) is 0.727. The molecule has 0 amide bonds. The maximum absolute atomic E-state index is 11.0. The van der Waals surface area contributed by atoms with Gasteiger partial charge in [-0.1, -0.05) is 29.9 Å². The Labute approximate surface area is 122 Å². The summed E-state index contributed by atoms with van der Waals surface area (Å²) in [6, 6.07) is 0. The van der Waals surface area contributed by atoms with E-state index < -0.39 is 0 Å². The highest BCUT2D eigenvalue weighted by Gasteiger charge is 2.12. The molecule has 0 aliphatic rings. The van der Waals surface area contributed by atoms with E-state index in [1.807, 2.05) is 0 Å². The topological polar surface area (TPSA) is 126 Å². The molecule has 0 aromatic rings. The number of nitrogens with one attached hydrogen (secondary N) is 2. The molecule has 0 radical (unpaired) electrons. The van der Waals surface area contributed by atoms with E-state index in [4.69, 9.17) is 22.3 Å². The van der Waals surface area contributed by atoms with Crippen molar-refractivity contribution in [3.05, 3.63) is 0 Å². The van der Waals surface area contributed by atoms with E-state index in [1.165, 1.54) is 30.6 Å². The van der Waals surface area contributed by atoms with Crippen molar-refractivity contribution in [1.82, 2.24) is 0 Å². The molecule has 0 bridgehead atoms. The molecule has 6 N–H and O–H groups in total. The van der Waals surface area contributed by atoms with Crippen LogP contribution in [0, 0.1) is 10.8 Å². The predicted molar refractivity (Wildman–Crippen MR) is 82.8 cm³/mol. The van der Waals surface area contributed by atoms with Gasteiger partial charge in [0.1, 0.15) is 0 Å². The number of unbranched alkanes of at least 4 members (excludes halogenated alkanes) is 1. The van der Waals surface area contributed by atoms with E-state index in [2.05, 4.69) is 4.74 Å². The number of nitrogens with two attached hydrogens (primary N) is 2. The lowest BCUT2D eigenvalue weighted by molar-refractivity contribution is -0.140. The number of ether oxygens (including phenoxy) is 1. The van der Waals surface area contributed by atoms with E-state index in [1.54, 1.807) is 0 Å². The first-order valence-electron chi connectivity index (χ1n) is 6.00. The van der Waals surface area contributed by atoms with Crippen LogP contribution < -0.4 is 11.5 Å². The van der Waals surface area contributed by atoms with Crippen molar-refractivity contribution in [3.8, 4) is 0 Å². The Bertz CT molecular complexity index is 313. The fourth-order valence-electron chi connectivity index (χ4n) is 1.49. The van der Waals surface area contributed by atoms with E-state index in [0.717, 1.165) is 31.4 Å². The third-order valence-electron chi connectivity index (χ3n) is 2.38. The first-order valence-corrected chi connectivity index (χ1v) is 7.86. The van der Waals surface area contributed by atoms with E-state index in [9.17, 15) is 4.79 Å². The Morgan fingerprint density at radius 1 is 1.21 bits per heavy atom. The maximum atomic E-state index is 11.0. The first-order chi connectivity index (χ1) is 8.95. The normalized spacial score (nSPS) is 11.8. The van der Waals surface area contributed by atoms with Crippen LogP contribution in [0.3, 0.4) is 0 Å². The van der Waals surface area contributed by atoms with Crippen molar-refractivity contribution in [2.45, 2.75) is 37.4 Å². The van der Waals surface area contributed by atoms with E-state index in [-0.39, 0.29) is 21.6 Å². The van der Waals surface area contributed by atoms with Gasteiger partial charge in [0.15, 0.2) is 10.3 Å². The van der Waals surface area contributed by atoms with Crippen LogP contribution in [0.25, 0.3) is 0 Å². The number of hydrogen-bond acceptors (Lipinski definition) is 6. The van der Waals surface area contributed by atoms with Gasteiger partial charge < -0.3 is 16.2 Å². The van der Waals surface area contributed by atoms with Crippen LogP contribution in [0.5, 0.6) is 0 Å². The third kappa shape index (κ3) is 11.9. The van der Waals surface area contributed by atoms with Gasteiger partial charge in [-0.15, -0.1) is 0 Å². The van der Waals surface area contributed by atoms with Crippen molar-refractivity contribution in [1.29, 1.82) is 10.8 Å². The minimum atomic E-state index is -0.192. The van der Waals surface area contributed by atoms with Crippen molar-refractivity contribution in [2.24, 2.45) is 11.5 Å². The molecule has 6 nitrogen and oxygen atoms in total. The molecule has 19 heavy (non-hydrogen) atoms. The van der Waals surface area contributed by atoms with Gasteiger partial charge in [0.25, 0.3) is 0 Å². The van der Waals surface area contributed by atoms with Gasteiger partial charge in [0, 0.05) is 17.4 Å². The molecular formula is C11H22N4O2S2. The Kier molecular flexibility index (Phi) is 10.5. The highest BCUT2D eigenvalue weighted by atomic mass is 32.2. The van der Waals surface area contributed by atoms with Gasteiger partial charge in [0.2, 0.25) is 0 Å². The summed E-state index contributed by atoms with van der Waals surface area (Å²) in [6.07, 6.45) is 3.83. The summed E-state index contributed by atoms with van der Waals surface area (Å²) in [6.45, 7) is 0. The average Bonchev–Trinajstić information content (AvgIpc) is 2.32. The van der Waals surface area contributed by atoms with E-state index >= 15 is 0 Å². The van der Waals surface area contributed by atoms with Crippen molar-refractivity contribution >= 4 is 39.8 Å². The summed E-state index contributed by atoms with van der Waals surface area (Å²) >= 11 is 2.63. The quantitative estimate of drug-likeness (QED) is 0.222. The molecule has 0 spiro atoms. The van der Waals surface area contributed by atoms with Crippen LogP contribution in [-0.2, 0) is 9.53 Å². The van der Waals surface area contributed by atoms with Gasteiger partial charge in [-0.3, -0.25) is 15.6 Å². The Morgan fingerprint density at radius 2 is 1.89 bits per heavy atom. The Morgan fingerprint density at radius 3 is 2.42 bits per heavy atom. The lowest BCUT2D eigenvalue weighted by Gasteiger charge is -2.14. The lowest BCUT2D eigenvalue weighted by Crippen LogP contribution is -2.15. The van der Waals surface area contributed by atoms with Gasteiger partial charge in [0.05, 0.1) is 7.11 Å². The van der Waals surface area contributed by atoms with Crippen molar-refractivity contribution in [2.75, 3.05) is 12.9 Å². The number of esters is 1. The summed E-state index contributed by atoms with van der Waals surface area (Å²) in [5.41, 5.74) is 10.7. The molecule has 0 aromatic carbocycles. The number of thioether (sulfide) groups is 2. The SMILES string of the molecule is COC(=O)CCCC[C@@H](CCSC(=N)N)SC(=N)N. The highest BCUT2D eigenvalue weighted by Crippen LogP contribution is 2.22. The Balaban J connectivity index is 3.88. The molecule has 0 heterocycles. The van der Waals surface area contributed by atoms with Crippen molar-refractivity contribution in [3.63, 3.8) is 0 Å². The van der Waals surface area contributed by atoms with Crippen LogP contribution in [0.4, 0.5) is 0 Å². The average molecular weight is 306 g/mol. The molecular weight excluding hydrogens is 284 g/mol. The van der Waals surface area contributed by atoms with Crippen molar-refractivity contribution < 1.29 is 9.53 Å². The van der Waals surface area contributed by atoms with Crippen LogP contribution in [0.1, 0.15) is 32.1 Å². The molecule has 0 aliphatic heterocycles. The summed E-state index contributed by atoms with van der Waals surface area (Å²) in [4.78, 5) is 11.0. The van der Waals surface area contributed by atoms with E-state index in [0.29, 0.717) is 6.42 Å².